The molecular weight excluding hydrogens is 248 g/mol. The molecule has 1 atom stereocenters. The smallest absolute Gasteiger partial charge is 0.0787 e. The molecule has 20 heavy (non-hydrogen) atoms. The van der Waals surface area contributed by atoms with E-state index in [1.54, 1.807) is 0 Å². The van der Waals surface area contributed by atoms with E-state index in [-0.39, 0.29) is 11.6 Å². The zero-order valence-corrected chi connectivity index (χ0v) is 13.3. The van der Waals surface area contributed by atoms with Crippen LogP contribution in [0.4, 0.5) is 5.69 Å². The van der Waals surface area contributed by atoms with Crippen molar-refractivity contribution >= 4 is 5.69 Å². The van der Waals surface area contributed by atoms with Crippen molar-refractivity contribution in [2.45, 2.75) is 45.8 Å². The zero-order chi connectivity index (χ0) is 14.8. The molecular formula is C17H28N2O. The quantitative estimate of drug-likeness (QED) is 0.919. The largest absolute Gasteiger partial charge is 0.388 e. The molecule has 0 aromatic heterocycles. The lowest BCUT2D eigenvalue weighted by atomic mass is 10.0. The Morgan fingerprint density at radius 3 is 2.05 bits per heavy atom. The standard InChI is InChI=1S/C17H28N2O/c1-5-16(20)14-6-8-15(9-7-14)18-10-12-19(13-11-18)17(2,3)4/h6-9,16,20H,5,10-13H2,1-4H3. The predicted molar refractivity (Wildman–Crippen MR) is 85.2 cm³/mol. The SMILES string of the molecule is CCC(O)c1ccc(N2CCN(C(C)(C)C)CC2)cc1. The first-order valence-corrected chi connectivity index (χ1v) is 7.70. The Labute approximate surface area is 123 Å². The molecule has 3 nitrogen and oxygen atoms in total. The Kier molecular flexibility index (Phi) is 4.71. The normalized spacial score (nSPS) is 19.1. The van der Waals surface area contributed by atoms with Gasteiger partial charge >= 0.3 is 0 Å². The first-order valence-electron chi connectivity index (χ1n) is 7.70. The van der Waals surface area contributed by atoms with Gasteiger partial charge in [0, 0.05) is 37.4 Å². The molecule has 0 spiro atoms. The lowest BCUT2D eigenvalue weighted by Gasteiger charge is -2.43. The first kappa shape index (κ1) is 15.3. The molecule has 1 aromatic rings. The van der Waals surface area contributed by atoms with Crippen molar-refractivity contribution in [2.24, 2.45) is 0 Å². The van der Waals surface area contributed by atoms with E-state index in [0.29, 0.717) is 0 Å². The molecule has 1 aliphatic rings. The van der Waals surface area contributed by atoms with E-state index in [1.165, 1.54) is 5.69 Å². The van der Waals surface area contributed by atoms with Crippen LogP contribution in [0, 0.1) is 0 Å². The lowest BCUT2D eigenvalue weighted by Crippen LogP contribution is -2.53. The molecule has 1 fully saturated rings. The van der Waals surface area contributed by atoms with Crippen molar-refractivity contribution in [3.8, 4) is 0 Å². The average Bonchev–Trinajstić information content (AvgIpc) is 2.46. The van der Waals surface area contributed by atoms with Gasteiger partial charge in [0.15, 0.2) is 0 Å². The van der Waals surface area contributed by atoms with Crippen LogP contribution in [0.5, 0.6) is 0 Å². The van der Waals surface area contributed by atoms with Crippen LogP contribution in [0.2, 0.25) is 0 Å². The van der Waals surface area contributed by atoms with Gasteiger partial charge in [-0.3, -0.25) is 4.90 Å². The number of hydrogen-bond donors (Lipinski definition) is 1. The van der Waals surface area contributed by atoms with Crippen molar-refractivity contribution in [3.63, 3.8) is 0 Å². The summed E-state index contributed by atoms with van der Waals surface area (Å²) >= 11 is 0. The van der Waals surface area contributed by atoms with Crippen LogP contribution < -0.4 is 4.90 Å². The van der Waals surface area contributed by atoms with Crippen LogP contribution in [0.3, 0.4) is 0 Å². The maximum atomic E-state index is 9.83. The molecule has 0 amide bonds. The summed E-state index contributed by atoms with van der Waals surface area (Å²) in [6, 6.07) is 8.39. The number of hydrogen-bond acceptors (Lipinski definition) is 3. The summed E-state index contributed by atoms with van der Waals surface area (Å²) < 4.78 is 0. The number of benzene rings is 1. The topological polar surface area (TPSA) is 26.7 Å². The summed E-state index contributed by atoms with van der Waals surface area (Å²) in [6.07, 6.45) is 0.436. The summed E-state index contributed by atoms with van der Waals surface area (Å²) in [6.45, 7) is 13.2. The molecule has 0 radical (unpaired) electrons. The highest BCUT2D eigenvalue weighted by Crippen LogP contribution is 2.23. The van der Waals surface area contributed by atoms with Crippen molar-refractivity contribution < 1.29 is 5.11 Å². The van der Waals surface area contributed by atoms with Crippen LogP contribution in [-0.4, -0.2) is 41.7 Å². The van der Waals surface area contributed by atoms with Gasteiger partial charge in [-0.1, -0.05) is 19.1 Å². The highest BCUT2D eigenvalue weighted by molar-refractivity contribution is 5.48. The minimum absolute atomic E-state index is 0.265. The van der Waals surface area contributed by atoms with Crippen molar-refractivity contribution in [2.75, 3.05) is 31.1 Å². The number of aliphatic hydroxyl groups excluding tert-OH is 1. The van der Waals surface area contributed by atoms with Crippen LogP contribution in [0.25, 0.3) is 0 Å². The van der Waals surface area contributed by atoms with E-state index in [0.717, 1.165) is 38.2 Å². The van der Waals surface area contributed by atoms with Crippen LogP contribution in [-0.2, 0) is 0 Å². The van der Waals surface area contributed by atoms with Crippen molar-refractivity contribution in [1.29, 1.82) is 0 Å². The molecule has 1 unspecified atom stereocenters. The fraction of sp³-hybridized carbons (Fsp3) is 0.647. The fourth-order valence-electron chi connectivity index (χ4n) is 2.78. The second-order valence-electron chi connectivity index (χ2n) is 6.66. The number of nitrogens with zero attached hydrogens (tertiary/aromatic N) is 2. The van der Waals surface area contributed by atoms with Gasteiger partial charge in [-0.2, -0.15) is 0 Å². The molecule has 1 aliphatic heterocycles. The Balaban J connectivity index is 1.97. The molecule has 0 aliphatic carbocycles. The van der Waals surface area contributed by atoms with Crippen LogP contribution in [0.1, 0.15) is 45.8 Å². The average molecular weight is 276 g/mol. The van der Waals surface area contributed by atoms with E-state index >= 15 is 0 Å². The van der Waals surface area contributed by atoms with Gasteiger partial charge in [-0.15, -0.1) is 0 Å². The Bertz CT molecular complexity index is 414. The number of aliphatic hydroxyl groups is 1. The lowest BCUT2D eigenvalue weighted by molar-refractivity contribution is 0.128. The van der Waals surface area contributed by atoms with E-state index in [9.17, 15) is 5.11 Å². The van der Waals surface area contributed by atoms with Crippen LogP contribution >= 0.6 is 0 Å². The number of rotatable bonds is 3. The summed E-state index contributed by atoms with van der Waals surface area (Å²) in [5, 5.41) is 9.83. The predicted octanol–water partition coefficient (Wildman–Crippen LogP) is 3.05. The van der Waals surface area contributed by atoms with Gasteiger partial charge in [0.25, 0.3) is 0 Å². The molecule has 2 rings (SSSR count). The Morgan fingerprint density at radius 2 is 1.60 bits per heavy atom. The number of anilines is 1. The van der Waals surface area contributed by atoms with Crippen LogP contribution in [0.15, 0.2) is 24.3 Å². The third kappa shape index (κ3) is 3.53. The fourth-order valence-corrected chi connectivity index (χ4v) is 2.78. The van der Waals surface area contributed by atoms with Crippen molar-refractivity contribution in [1.82, 2.24) is 4.90 Å². The third-order valence-electron chi connectivity index (χ3n) is 4.26. The Hall–Kier alpha value is -1.06. The maximum Gasteiger partial charge on any atom is 0.0787 e. The first-order chi connectivity index (χ1) is 9.41. The molecule has 1 heterocycles. The third-order valence-corrected chi connectivity index (χ3v) is 4.26. The minimum Gasteiger partial charge on any atom is -0.388 e. The van der Waals surface area contributed by atoms with Gasteiger partial charge < -0.3 is 10.0 Å². The minimum atomic E-state index is -0.332. The maximum absolute atomic E-state index is 9.83. The van der Waals surface area contributed by atoms with E-state index in [1.807, 2.05) is 6.92 Å². The Morgan fingerprint density at radius 1 is 1.05 bits per heavy atom. The highest BCUT2D eigenvalue weighted by Gasteiger charge is 2.25. The van der Waals surface area contributed by atoms with Crippen molar-refractivity contribution in [3.05, 3.63) is 29.8 Å². The van der Waals surface area contributed by atoms with E-state index in [2.05, 4.69) is 54.8 Å². The van der Waals surface area contributed by atoms with Gasteiger partial charge in [0.1, 0.15) is 0 Å². The van der Waals surface area contributed by atoms with Gasteiger partial charge in [-0.05, 0) is 44.9 Å². The number of piperazine rings is 1. The molecule has 1 N–H and O–H groups in total. The van der Waals surface area contributed by atoms with Gasteiger partial charge in [-0.25, -0.2) is 0 Å². The van der Waals surface area contributed by atoms with E-state index < -0.39 is 0 Å². The molecule has 112 valence electrons. The molecule has 0 saturated carbocycles. The molecule has 1 saturated heterocycles. The summed E-state index contributed by atoms with van der Waals surface area (Å²) in [7, 11) is 0. The highest BCUT2D eigenvalue weighted by atomic mass is 16.3. The second-order valence-corrected chi connectivity index (χ2v) is 6.66. The summed E-state index contributed by atoms with van der Waals surface area (Å²) in [4.78, 5) is 4.98. The second kappa shape index (κ2) is 6.15. The molecule has 0 bridgehead atoms. The van der Waals surface area contributed by atoms with E-state index in [4.69, 9.17) is 0 Å². The van der Waals surface area contributed by atoms with Gasteiger partial charge in [0.2, 0.25) is 0 Å². The summed E-state index contributed by atoms with van der Waals surface area (Å²) in [5.74, 6) is 0. The monoisotopic (exact) mass is 276 g/mol. The molecule has 3 heteroatoms. The zero-order valence-electron chi connectivity index (χ0n) is 13.3. The molecule has 1 aromatic carbocycles. The summed E-state index contributed by atoms with van der Waals surface area (Å²) in [5.41, 5.74) is 2.55. The van der Waals surface area contributed by atoms with Gasteiger partial charge in [0.05, 0.1) is 6.10 Å².